The van der Waals surface area contributed by atoms with Crippen LogP contribution in [0, 0.1) is 6.92 Å². The van der Waals surface area contributed by atoms with E-state index in [1.54, 1.807) is 0 Å². The van der Waals surface area contributed by atoms with Crippen LogP contribution in [0.2, 0.25) is 0 Å². The number of carbonyl (C=O) groups excluding carboxylic acids is 2. The minimum absolute atomic E-state index is 0.253. The van der Waals surface area contributed by atoms with Crippen LogP contribution in [0.25, 0.3) is 11.1 Å². The summed E-state index contributed by atoms with van der Waals surface area (Å²) in [6, 6.07) is 23.2. The first kappa shape index (κ1) is 22.1. The molecule has 160 valence electrons. The fourth-order valence-corrected chi connectivity index (χ4v) is 3.22. The van der Waals surface area contributed by atoms with Gasteiger partial charge in [-0.2, -0.15) is 0 Å². The Morgan fingerprint density at radius 1 is 0.903 bits per heavy atom. The van der Waals surface area contributed by atoms with Gasteiger partial charge in [-0.25, -0.2) is 4.79 Å². The first-order valence-electron chi connectivity index (χ1n) is 10.3. The molecule has 0 bridgehead atoms. The molecule has 1 N–H and O–H groups in total. The maximum atomic E-state index is 12.3. The minimum Gasteiger partial charge on any atom is -0.482 e. The van der Waals surface area contributed by atoms with Gasteiger partial charge in [0.2, 0.25) is 0 Å². The van der Waals surface area contributed by atoms with Crippen molar-refractivity contribution < 1.29 is 19.1 Å². The van der Waals surface area contributed by atoms with Crippen LogP contribution in [-0.2, 0) is 14.3 Å². The van der Waals surface area contributed by atoms with Crippen LogP contribution in [0.15, 0.2) is 72.8 Å². The Balaban J connectivity index is 1.54. The zero-order chi connectivity index (χ0) is 22.2. The Kier molecular flexibility index (Phi) is 7.44. The van der Waals surface area contributed by atoms with Gasteiger partial charge in [0.25, 0.3) is 5.91 Å². The molecule has 5 nitrogen and oxygen atoms in total. The van der Waals surface area contributed by atoms with Crippen LogP contribution < -0.4 is 10.1 Å². The van der Waals surface area contributed by atoms with E-state index in [9.17, 15) is 9.59 Å². The lowest BCUT2D eigenvalue weighted by Crippen LogP contribution is -2.24. The second-order valence-corrected chi connectivity index (χ2v) is 7.61. The Hall–Kier alpha value is -3.60. The lowest BCUT2D eigenvalue weighted by molar-refractivity contribution is -0.149. The summed E-state index contributed by atoms with van der Waals surface area (Å²) in [5.41, 5.74) is 4.61. The van der Waals surface area contributed by atoms with Gasteiger partial charge in [-0.05, 0) is 41.7 Å². The Labute approximate surface area is 183 Å². The zero-order valence-corrected chi connectivity index (χ0v) is 18.1. The van der Waals surface area contributed by atoms with Gasteiger partial charge in [0.1, 0.15) is 5.75 Å². The summed E-state index contributed by atoms with van der Waals surface area (Å²) in [5, 5.41) is 2.81. The average Bonchev–Trinajstić information content (AvgIpc) is 2.77. The molecule has 3 rings (SSSR count). The topological polar surface area (TPSA) is 64.6 Å². The highest BCUT2D eigenvalue weighted by molar-refractivity contribution is 5.96. The minimum atomic E-state index is -0.595. The first-order chi connectivity index (χ1) is 14.9. The van der Waals surface area contributed by atoms with Gasteiger partial charge >= 0.3 is 5.97 Å². The van der Waals surface area contributed by atoms with E-state index < -0.39 is 11.9 Å². The molecule has 0 unspecified atom stereocenters. The van der Waals surface area contributed by atoms with Crippen molar-refractivity contribution in [2.75, 3.05) is 18.5 Å². The Bertz CT molecular complexity index is 1040. The van der Waals surface area contributed by atoms with E-state index >= 15 is 0 Å². The van der Waals surface area contributed by atoms with Crippen molar-refractivity contribution in [3.63, 3.8) is 0 Å². The number of para-hydroxylation sites is 1. The summed E-state index contributed by atoms with van der Waals surface area (Å²) >= 11 is 0. The standard InChI is InChI=1S/C26H27NO4/c1-18(2)21-14-13-19(3)15-24(21)30-17-26(29)31-16-25(28)27-23-12-8-7-11-22(23)20-9-5-4-6-10-20/h4-15,18H,16-17H2,1-3H3,(H,27,28). The van der Waals surface area contributed by atoms with Gasteiger partial charge in [0.05, 0.1) is 0 Å². The summed E-state index contributed by atoms with van der Waals surface area (Å²) in [6.07, 6.45) is 0. The van der Waals surface area contributed by atoms with Gasteiger partial charge in [-0.1, -0.05) is 74.5 Å². The smallest absolute Gasteiger partial charge is 0.344 e. The number of hydrogen-bond acceptors (Lipinski definition) is 4. The van der Waals surface area contributed by atoms with Gasteiger partial charge < -0.3 is 14.8 Å². The molecule has 0 heterocycles. The third kappa shape index (κ3) is 6.19. The first-order valence-corrected chi connectivity index (χ1v) is 10.3. The predicted molar refractivity (Wildman–Crippen MR) is 122 cm³/mol. The van der Waals surface area contributed by atoms with Gasteiger partial charge in [-0.15, -0.1) is 0 Å². The second kappa shape index (κ2) is 10.4. The van der Waals surface area contributed by atoms with E-state index in [1.165, 1.54) is 0 Å². The van der Waals surface area contributed by atoms with E-state index in [4.69, 9.17) is 9.47 Å². The van der Waals surface area contributed by atoms with Gasteiger partial charge in [0.15, 0.2) is 13.2 Å². The van der Waals surface area contributed by atoms with Crippen LogP contribution in [0.1, 0.15) is 30.9 Å². The van der Waals surface area contributed by atoms with Crippen LogP contribution >= 0.6 is 0 Å². The fraction of sp³-hybridized carbons (Fsp3) is 0.231. The average molecular weight is 418 g/mol. The maximum absolute atomic E-state index is 12.3. The Morgan fingerprint density at radius 3 is 2.35 bits per heavy atom. The lowest BCUT2D eigenvalue weighted by atomic mass is 10.0. The highest BCUT2D eigenvalue weighted by Crippen LogP contribution is 2.28. The molecular formula is C26H27NO4. The quantitative estimate of drug-likeness (QED) is 0.502. The fourth-order valence-electron chi connectivity index (χ4n) is 3.22. The van der Waals surface area contributed by atoms with E-state index in [2.05, 4.69) is 19.2 Å². The summed E-state index contributed by atoms with van der Waals surface area (Å²) in [7, 11) is 0. The molecule has 0 aliphatic heterocycles. The molecule has 0 saturated heterocycles. The van der Waals surface area contributed by atoms with Crippen molar-refractivity contribution in [3.05, 3.63) is 83.9 Å². The molecule has 0 atom stereocenters. The highest BCUT2D eigenvalue weighted by Gasteiger charge is 2.13. The van der Waals surface area contributed by atoms with Gasteiger partial charge in [0, 0.05) is 11.3 Å². The molecule has 0 aliphatic carbocycles. The van der Waals surface area contributed by atoms with Crippen LogP contribution in [0.3, 0.4) is 0 Å². The maximum Gasteiger partial charge on any atom is 0.344 e. The molecule has 0 radical (unpaired) electrons. The summed E-state index contributed by atoms with van der Waals surface area (Å²) < 4.78 is 10.8. The molecule has 0 fully saturated rings. The number of hydrogen-bond donors (Lipinski definition) is 1. The third-order valence-corrected chi connectivity index (χ3v) is 4.79. The number of carbonyl (C=O) groups is 2. The molecule has 1 amide bonds. The number of amides is 1. The van der Waals surface area contributed by atoms with Crippen molar-refractivity contribution in [1.29, 1.82) is 0 Å². The predicted octanol–water partition coefficient (Wildman–Crippen LogP) is 5.35. The number of nitrogens with one attached hydrogen (secondary N) is 1. The van der Waals surface area contributed by atoms with E-state index in [0.29, 0.717) is 11.4 Å². The zero-order valence-electron chi connectivity index (χ0n) is 18.1. The van der Waals surface area contributed by atoms with Crippen LogP contribution in [-0.4, -0.2) is 25.1 Å². The summed E-state index contributed by atoms with van der Waals surface area (Å²) in [5.74, 6) is -0.0758. The number of anilines is 1. The molecule has 3 aromatic carbocycles. The van der Waals surface area contributed by atoms with Crippen molar-refractivity contribution in [2.45, 2.75) is 26.7 Å². The van der Waals surface area contributed by atoms with Crippen LogP contribution in [0.4, 0.5) is 5.69 Å². The number of rotatable bonds is 8. The third-order valence-electron chi connectivity index (χ3n) is 4.79. The largest absolute Gasteiger partial charge is 0.482 e. The molecule has 31 heavy (non-hydrogen) atoms. The van der Waals surface area contributed by atoms with Crippen molar-refractivity contribution in [1.82, 2.24) is 0 Å². The number of benzene rings is 3. The van der Waals surface area contributed by atoms with Crippen molar-refractivity contribution in [2.24, 2.45) is 0 Å². The summed E-state index contributed by atoms with van der Waals surface area (Å²) in [6.45, 7) is 5.46. The number of ether oxygens (including phenoxy) is 2. The molecule has 3 aromatic rings. The van der Waals surface area contributed by atoms with Crippen molar-refractivity contribution in [3.8, 4) is 16.9 Å². The molecule has 0 saturated carbocycles. The lowest BCUT2D eigenvalue weighted by Gasteiger charge is -2.15. The Morgan fingerprint density at radius 2 is 1.61 bits per heavy atom. The summed E-state index contributed by atoms with van der Waals surface area (Å²) in [4.78, 5) is 24.4. The van der Waals surface area contributed by atoms with E-state index in [0.717, 1.165) is 22.3 Å². The monoisotopic (exact) mass is 417 g/mol. The van der Waals surface area contributed by atoms with E-state index in [1.807, 2.05) is 79.7 Å². The normalized spacial score (nSPS) is 10.6. The van der Waals surface area contributed by atoms with Gasteiger partial charge in [-0.3, -0.25) is 4.79 Å². The van der Waals surface area contributed by atoms with Crippen LogP contribution in [0.5, 0.6) is 5.75 Å². The highest BCUT2D eigenvalue weighted by atomic mass is 16.6. The molecule has 0 aromatic heterocycles. The molecule has 5 heteroatoms. The number of esters is 1. The molecular weight excluding hydrogens is 390 g/mol. The second-order valence-electron chi connectivity index (χ2n) is 7.61. The van der Waals surface area contributed by atoms with Crippen molar-refractivity contribution >= 4 is 17.6 Å². The molecule has 0 spiro atoms. The number of aryl methyl sites for hydroxylation is 1. The molecule has 0 aliphatic rings. The SMILES string of the molecule is Cc1ccc(C(C)C)c(OCC(=O)OCC(=O)Nc2ccccc2-c2ccccc2)c1. The van der Waals surface area contributed by atoms with E-state index in [-0.39, 0.29) is 19.1 Å².